The van der Waals surface area contributed by atoms with E-state index in [-0.39, 0.29) is 18.1 Å². The summed E-state index contributed by atoms with van der Waals surface area (Å²) in [4.78, 5) is 18.7. The molecule has 1 amide bonds. The highest BCUT2D eigenvalue weighted by Gasteiger charge is 2.18. The Hall–Kier alpha value is -2.80. The van der Waals surface area contributed by atoms with E-state index in [2.05, 4.69) is 4.98 Å². The van der Waals surface area contributed by atoms with Crippen LogP contribution in [0.3, 0.4) is 0 Å². The lowest BCUT2D eigenvalue weighted by molar-refractivity contribution is 0.0768. The van der Waals surface area contributed by atoms with Gasteiger partial charge in [0.25, 0.3) is 5.91 Å². The molecule has 7 heteroatoms. The third-order valence-corrected chi connectivity index (χ3v) is 5.17. The first-order valence-electron chi connectivity index (χ1n) is 8.94. The van der Waals surface area contributed by atoms with Gasteiger partial charge in [0.2, 0.25) is 0 Å². The third kappa shape index (κ3) is 4.36. The molecule has 0 aliphatic heterocycles. The number of carbonyl (C=O) groups excluding carboxylic acids is 1. The van der Waals surface area contributed by atoms with E-state index in [1.807, 2.05) is 26.0 Å². The summed E-state index contributed by atoms with van der Waals surface area (Å²) in [6.07, 6.45) is 0. The second kappa shape index (κ2) is 8.93. The summed E-state index contributed by atoms with van der Waals surface area (Å²) in [5, 5.41) is 2.37. The van der Waals surface area contributed by atoms with Crippen LogP contribution in [0.1, 0.15) is 29.9 Å². The van der Waals surface area contributed by atoms with E-state index in [0.717, 1.165) is 6.07 Å². The number of rotatable bonds is 7. The summed E-state index contributed by atoms with van der Waals surface area (Å²) < 4.78 is 32.7. The topological polar surface area (TPSA) is 42.4 Å². The highest BCUT2D eigenvalue weighted by Crippen LogP contribution is 2.33. The van der Waals surface area contributed by atoms with E-state index in [4.69, 9.17) is 4.74 Å². The van der Waals surface area contributed by atoms with Crippen LogP contribution in [0.5, 0.6) is 5.75 Å². The predicted molar refractivity (Wildman–Crippen MR) is 105 cm³/mol. The molecule has 146 valence electrons. The Bertz CT molecular complexity index is 971. The number of hydrogen-bond acceptors (Lipinski definition) is 4. The van der Waals surface area contributed by atoms with Gasteiger partial charge in [-0.1, -0.05) is 12.1 Å². The van der Waals surface area contributed by atoms with Crippen molar-refractivity contribution >= 4 is 17.2 Å². The molecule has 0 radical (unpaired) electrons. The maximum atomic E-state index is 13.8. The van der Waals surface area contributed by atoms with Gasteiger partial charge in [-0.3, -0.25) is 4.79 Å². The molecular formula is C21H20F2N2O2S. The zero-order valence-electron chi connectivity index (χ0n) is 15.6. The van der Waals surface area contributed by atoms with Crippen molar-refractivity contribution < 1.29 is 18.3 Å². The fraction of sp³-hybridized carbons (Fsp3) is 0.238. The van der Waals surface area contributed by atoms with Crippen molar-refractivity contribution in [3.05, 3.63) is 70.7 Å². The maximum absolute atomic E-state index is 13.8. The van der Waals surface area contributed by atoms with Gasteiger partial charge in [-0.2, -0.15) is 0 Å². The average Bonchev–Trinajstić information content (AvgIpc) is 3.18. The molecule has 3 rings (SSSR count). The Balaban J connectivity index is 1.82. The number of amides is 1. The quantitative estimate of drug-likeness (QED) is 0.549. The minimum absolute atomic E-state index is 0.0419. The van der Waals surface area contributed by atoms with Gasteiger partial charge < -0.3 is 9.64 Å². The lowest BCUT2D eigenvalue weighted by atomic mass is 10.2. The standard InChI is InChI=1S/C21H20F2N2O2S/c1-3-25(4-2)21(26)18-13-28-20(24-18)16-7-5-6-8-19(16)27-12-14-9-10-15(22)11-17(14)23/h5-11,13H,3-4,12H2,1-2H3. The van der Waals surface area contributed by atoms with Gasteiger partial charge in [0.1, 0.15) is 34.7 Å². The lowest BCUT2D eigenvalue weighted by Gasteiger charge is -2.16. The Morgan fingerprint density at radius 2 is 1.89 bits per heavy atom. The van der Waals surface area contributed by atoms with E-state index in [1.165, 1.54) is 23.5 Å². The Labute approximate surface area is 166 Å². The largest absolute Gasteiger partial charge is 0.488 e. The number of para-hydroxylation sites is 1. The smallest absolute Gasteiger partial charge is 0.273 e. The predicted octanol–water partition coefficient (Wildman–Crippen LogP) is 5.15. The Kier molecular flexibility index (Phi) is 6.36. The maximum Gasteiger partial charge on any atom is 0.273 e. The number of aromatic nitrogens is 1. The first-order chi connectivity index (χ1) is 13.5. The van der Waals surface area contributed by atoms with Crippen LogP contribution in [0.4, 0.5) is 8.78 Å². The number of carbonyl (C=O) groups is 1. The van der Waals surface area contributed by atoms with Crippen LogP contribution >= 0.6 is 11.3 Å². The molecule has 1 aromatic heterocycles. The van der Waals surface area contributed by atoms with Crippen LogP contribution < -0.4 is 4.74 Å². The van der Waals surface area contributed by atoms with Gasteiger partial charge >= 0.3 is 0 Å². The second-order valence-corrected chi connectivity index (χ2v) is 6.89. The van der Waals surface area contributed by atoms with Crippen molar-refractivity contribution in [3.63, 3.8) is 0 Å². The lowest BCUT2D eigenvalue weighted by Crippen LogP contribution is -2.30. The van der Waals surface area contributed by atoms with Gasteiger partial charge in [-0.05, 0) is 38.1 Å². The monoisotopic (exact) mass is 402 g/mol. The first kappa shape index (κ1) is 19.9. The van der Waals surface area contributed by atoms with Crippen LogP contribution in [0.15, 0.2) is 47.8 Å². The van der Waals surface area contributed by atoms with Gasteiger partial charge in [0, 0.05) is 30.1 Å². The third-order valence-electron chi connectivity index (χ3n) is 4.29. The minimum atomic E-state index is -0.654. The molecule has 28 heavy (non-hydrogen) atoms. The van der Waals surface area contributed by atoms with E-state index >= 15 is 0 Å². The molecule has 0 saturated carbocycles. The molecular weight excluding hydrogens is 382 g/mol. The van der Waals surface area contributed by atoms with Crippen molar-refractivity contribution in [2.75, 3.05) is 13.1 Å². The number of thiazole rings is 1. The summed E-state index contributed by atoms with van der Waals surface area (Å²) in [5.41, 5.74) is 1.37. The second-order valence-electron chi connectivity index (χ2n) is 6.04. The molecule has 0 saturated heterocycles. The summed E-state index contributed by atoms with van der Waals surface area (Å²) in [5.74, 6) is -0.879. The zero-order valence-corrected chi connectivity index (χ0v) is 16.4. The summed E-state index contributed by atoms with van der Waals surface area (Å²) in [6.45, 7) is 5.04. The molecule has 0 N–H and O–H groups in total. The first-order valence-corrected chi connectivity index (χ1v) is 9.82. The van der Waals surface area contributed by atoms with E-state index in [9.17, 15) is 13.6 Å². The van der Waals surface area contributed by atoms with Crippen molar-refractivity contribution in [1.29, 1.82) is 0 Å². The fourth-order valence-corrected chi connectivity index (χ4v) is 3.56. The van der Waals surface area contributed by atoms with Gasteiger partial charge in [0.15, 0.2) is 0 Å². The van der Waals surface area contributed by atoms with Gasteiger partial charge in [0.05, 0.1) is 5.56 Å². The molecule has 0 atom stereocenters. The van der Waals surface area contributed by atoms with Crippen molar-refractivity contribution in [3.8, 4) is 16.3 Å². The number of ether oxygens (including phenoxy) is 1. The molecule has 2 aromatic carbocycles. The average molecular weight is 402 g/mol. The summed E-state index contributed by atoms with van der Waals surface area (Å²) in [6, 6.07) is 10.6. The number of nitrogens with zero attached hydrogens (tertiary/aromatic N) is 2. The van der Waals surface area contributed by atoms with E-state index < -0.39 is 11.6 Å². The molecule has 0 bridgehead atoms. The van der Waals surface area contributed by atoms with Crippen molar-refractivity contribution in [2.45, 2.75) is 20.5 Å². The van der Waals surface area contributed by atoms with Crippen LogP contribution in [0.25, 0.3) is 10.6 Å². The van der Waals surface area contributed by atoms with Crippen molar-refractivity contribution in [2.24, 2.45) is 0 Å². The van der Waals surface area contributed by atoms with E-state index in [0.29, 0.717) is 35.1 Å². The minimum Gasteiger partial charge on any atom is -0.488 e. The van der Waals surface area contributed by atoms with Crippen LogP contribution in [0.2, 0.25) is 0 Å². The van der Waals surface area contributed by atoms with Crippen LogP contribution in [-0.4, -0.2) is 28.9 Å². The molecule has 0 aliphatic rings. The summed E-state index contributed by atoms with van der Waals surface area (Å²) >= 11 is 1.35. The number of benzene rings is 2. The number of hydrogen-bond donors (Lipinski definition) is 0. The molecule has 0 spiro atoms. The SMILES string of the molecule is CCN(CC)C(=O)c1csc(-c2ccccc2OCc2ccc(F)cc2F)n1. The van der Waals surface area contributed by atoms with Crippen molar-refractivity contribution in [1.82, 2.24) is 9.88 Å². The zero-order chi connectivity index (χ0) is 20.1. The van der Waals surface area contributed by atoms with Gasteiger partial charge in [-0.25, -0.2) is 13.8 Å². The summed E-state index contributed by atoms with van der Waals surface area (Å²) in [7, 11) is 0. The highest BCUT2D eigenvalue weighted by molar-refractivity contribution is 7.13. The normalized spacial score (nSPS) is 10.7. The Morgan fingerprint density at radius 1 is 1.14 bits per heavy atom. The number of halogens is 2. The highest BCUT2D eigenvalue weighted by atomic mass is 32.1. The van der Waals surface area contributed by atoms with Crippen LogP contribution in [-0.2, 0) is 6.61 Å². The molecule has 0 fully saturated rings. The molecule has 0 aliphatic carbocycles. The molecule has 3 aromatic rings. The molecule has 0 unspecified atom stereocenters. The van der Waals surface area contributed by atoms with Gasteiger partial charge in [-0.15, -0.1) is 11.3 Å². The molecule has 4 nitrogen and oxygen atoms in total. The Morgan fingerprint density at radius 3 is 2.61 bits per heavy atom. The molecule has 1 heterocycles. The van der Waals surface area contributed by atoms with Crippen LogP contribution in [0, 0.1) is 11.6 Å². The van der Waals surface area contributed by atoms with E-state index in [1.54, 1.807) is 22.4 Å². The fourth-order valence-electron chi connectivity index (χ4n) is 2.73.